The number of hydrogen-bond donors (Lipinski definition) is 1. The highest BCUT2D eigenvalue weighted by atomic mass is 127. The van der Waals surface area contributed by atoms with Crippen molar-refractivity contribution < 1.29 is 0 Å². The normalized spacial score (nSPS) is 10.2. The Kier molecular flexibility index (Phi) is 3.82. The van der Waals surface area contributed by atoms with Gasteiger partial charge in [0.05, 0.1) is 5.69 Å². The first-order valence-corrected chi connectivity index (χ1v) is 7.01. The molecule has 0 amide bonds. The Morgan fingerprint density at radius 2 is 1.90 bits per heavy atom. The van der Waals surface area contributed by atoms with Crippen molar-refractivity contribution in [2.45, 2.75) is 0 Å². The summed E-state index contributed by atoms with van der Waals surface area (Å²) in [5, 5.41) is 3.08. The summed E-state index contributed by atoms with van der Waals surface area (Å²) in [6.45, 7) is 0. The molecule has 0 aliphatic heterocycles. The zero-order valence-electron chi connectivity index (χ0n) is 10.4. The minimum Gasteiger partial charge on any atom is -0.309 e. The SMILES string of the molecule is Ic1ccc(Nc2nccc(-c3cccnc3)n2)nc1. The van der Waals surface area contributed by atoms with Crippen molar-refractivity contribution in [2.24, 2.45) is 0 Å². The molecule has 0 radical (unpaired) electrons. The van der Waals surface area contributed by atoms with Crippen molar-refractivity contribution in [3.63, 3.8) is 0 Å². The van der Waals surface area contributed by atoms with Gasteiger partial charge in [-0.05, 0) is 52.9 Å². The van der Waals surface area contributed by atoms with Crippen LogP contribution in [0.15, 0.2) is 55.1 Å². The average molecular weight is 375 g/mol. The molecule has 0 unspecified atom stereocenters. The van der Waals surface area contributed by atoms with Crippen LogP contribution in [0.5, 0.6) is 0 Å². The Balaban J connectivity index is 1.86. The van der Waals surface area contributed by atoms with Crippen LogP contribution in [0.4, 0.5) is 11.8 Å². The maximum Gasteiger partial charge on any atom is 0.228 e. The molecular weight excluding hydrogens is 365 g/mol. The van der Waals surface area contributed by atoms with E-state index in [1.54, 1.807) is 24.8 Å². The first-order chi connectivity index (χ1) is 9.81. The fourth-order valence-corrected chi connectivity index (χ4v) is 1.98. The summed E-state index contributed by atoms with van der Waals surface area (Å²) < 4.78 is 1.08. The smallest absolute Gasteiger partial charge is 0.228 e. The summed E-state index contributed by atoms with van der Waals surface area (Å²) >= 11 is 2.21. The van der Waals surface area contributed by atoms with Crippen molar-refractivity contribution in [1.82, 2.24) is 19.9 Å². The van der Waals surface area contributed by atoms with Crippen LogP contribution in [-0.2, 0) is 0 Å². The molecule has 0 aliphatic rings. The molecule has 98 valence electrons. The van der Waals surface area contributed by atoms with E-state index in [1.807, 2.05) is 30.3 Å². The van der Waals surface area contributed by atoms with Gasteiger partial charge < -0.3 is 5.32 Å². The molecule has 0 bridgehead atoms. The van der Waals surface area contributed by atoms with Gasteiger partial charge in [0.25, 0.3) is 0 Å². The molecule has 0 atom stereocenters. The third-order valence-corrected chi connectivity index (χ3v) is 3.22. The standard InChI is InChI=1S/C14H10IN5/c15-11-3-4-13(18-9-11)20-14-17-7-5-12(19-14)10-2-1-6-16-8-10/h1-9H,(H,17,18,19,20). The Bertz CT molecular complexity index is 700. The first-order valence-electron chi connectivity index (χ1n) is 5.93. The molecule has 6 heteroatoms. The van der Waals surface area contributed by atoms with Crippen molar-refractivity contribution in [3.8, 4) is 11.3 Å². The van der Waals surface area contributed by atoms with Crippen LogP contribution in [0.1, 0.15) is 0 Å². The van der Waals surface area contributed by atoms with Crippen molar-refractivity contribution in [1.29, 1.82) is 0 Å². The fraction of sp³-hybridized carbons (Fsp3) is 0. The highest BCUT2D eigenvalue weighted by Gasteiger charge is 2.03. The zero-order valence-corrected chi connectivity index (χ0v) is 12.5. The number of hydrogen-bond acceptors (Lipinski definition) is 5. The average Bonchev–Trinajstić information content (AvgIpc) is 2.51. The van der Waals surface area contributed by atoms with Crippen LogP contribution in [0.3, 0.4) is 0 Å². The Morgan fingerprint density at radius 1 is 0.950 bits per heavy atom. The molecule has 0 aliphatic carbocycles. The van der Waals surface area contributed by atoms with Gasteiger partial charge in [-0.2, -0.15) is 0 Å². The van der Waals surface area contributed by atoms with E-state index >= 15 is 0 Å². The van der Waals surface area contributed by atoms with Gasteiger partial charge in [-0.1, -0.05) is 0 Å². The number of pyridine rings is 2. The van der Waals surface area contributed by atoms with E-state index in [0.29, 0.717) is 11.8 Å². The van der Waals surface area contributed by atoms with Crippen LogP contribution in [0.2, 0.25) is 0 Å². The van der Waals surface area contributed by atoms with E-state index in [-0.39, 0.29) is 0 Å². The summed E-state index contributed by atoms with van der Waals surface area (Å²) in [5.41, 5.74) is 1.77. The fourth-order valence-electron chi connectivity index (χ4n) is 1.66. The molecule has 5 nitrogen and oxygen atoms in total. The lowest BCUT2D eigenvalue weighted by atomic mass is 10.2. The molecule has 3 aromatic rings. The molecule has 1 N–H and O–H groups in total. The molecule has 3 aromatic heterocycles. The molecule has 0 aromatic carbocycles. The predicted molar refractivity (Wildman–Crippen MR) is 85.5 cm³/mol. The second-order valence-electron chi connectivity index (χ2n) is 3.99. The van der Waals surface area contributed by atoms with E-state index in [0.717, 1.165) is 14.8 Å². The van der Waals surface area contributed by atoms with Gasteiger partial charge in [0.2, 0.25) is 5.95 Å². The summed E-state index contributed by atoms with van der Waals surface area (Å²) in [4.78, 5) is 17.0. The van der Waals surface area contributed by atoms with Crippen LogP contribution >= 0.6 is 22.6 Å². The van der Waals surface area contributed by atoms with E-state index in [2.05, 4.69) is 47.8 Å². The highest BCUT2D eigenvalue weighted by molar-refractivity contribution is 14.1. The van der Waals surface area contributed by atoms with Crippen molar-refractivity contribution >= 4 is 34.4 Å². The van der Waals surface area contributed by atoms with Crippen molar-refractivity contribution in [3.05, 3.63) is 58.7 Å². The number of rotatable bonds is 3. The van der Waals surface area contributed by atoms with Gasteiger partial charge in [-0.25, -0.2) is 15.0 Å². The lowest BCUT2D eigenvalue weighted by Gasteiger charge is -2.05. The van der Waals surface area contributed by atoms with Crippen LogP contribution in [0, 0.1) is 3.57 Å². The first kappa shape index (κ1) is 12.9. The second kappa shape index (κ2) is 5.91. The monoisotopic (exact) mass is 375 g/mol. The number of halogens is 1. The molecule has 0 saturated carbocycles. The molecule has 3 heterocycles. The van der Waals surface area contributed by atoms with Gasteiger partial charge in [-0.3, -0.25) is 4.98 Å². The van der Waals surface area contributed by atoms with Gasteiger partial charge in [0, 0.05) is 33.9 Å². The van der Waals surface area contributed by atoms with Crippen LogP contribution in [-0.4, -0.2) is 19.9 Å². The number of nitrogens with one attached hydrogen (secondary N) is 1. The summed E-state index contributed by atoms with van der Waals surface area (Å²) in [7, 11) is 0. The lowest BCUT2D eigenvalue weighted by molar-refractivity contribution is 1.15. The quantitative estimate of drug-likeness (QED) is 0.712. The summed E-state index contributed by atoms with van der Waals surface area (Å²) in [6.07, 6.45) is 7.01. The number of nitrogens with zero attached hydrogens (tertiary/aromatic N) is 4. The lowest BCUT2D eigenvalue weighted by Crippen LogP contribution is -1.99. The summed E-state index contributed by atoms with van der Waals surface area (Å²) in [5.74, 6) is 1.23. The maximum absolute atomic E-state index is 4.46. The van der Waals surface area contributed by atoms with E-state index < -0.39 is 0 Å². The predicted octanol–water partition coefficient (Wildman–Crippen LogP) is 3.28. The van der Waals surface area contributed by atoms with Gasteiger partial charge >= 0.3 is 0 Å². The summed E-state index contributed by atoms with van der Waals surface area (Å²) in [6, 6.07) is 9.56. The van der Waals surface area contributed by atoms with Gasteiger partial charge in [0.15, 0.2) is 0 Å². The third-order valence-electron chi connectivity index (χ3n) is 2.58. The molecular formula is C14H10IN5. The molecule has 0 saturated heterocycles. The minimum absolute atomic E-state index is 0.514. The minimum atomic E-state index is 0.514. The van der Waals surface area contributed by atoms with Crippen molar-refractivity contribution in [2.75, 3.05) is 5.32 Å². The Hall–Kier alpha value is -2.09. The second-order valence-corrected chi connectivity index (χ2v) is 5.24. The zero-order chi connectivity index (χ0) is 13.8. The van der Waals surface area contributed by atoms with Gasteiger partial charge in [-0.15, -0.1) is 0 Å². The molecule has 0 spiro atoms. The third kappa shape index (κ3) is 3.08. The van der Waals surface area contributed by atoms with E-state index in [9.17, 15) is 0 Å². The molecule has 20 heavy (non-hydrogen) atoms. The van der Waals surface area contributed by atoms with E-state index in [1.165, 1.54) is 0 Å². The Morgan fingerprint density at radius 3 is 2.65 bits per heavy atom. The van der Waals surface area contributed by atoms with Crippen LogP contribution < -0.4 is 5.32 Å². The highest BCUT2D eigenvalue weighted by Crippen LogP contribution is 2.17. The Labute approximate surface area is 129 Å². The van der Waals surface area contributed by atoms with Gasteiger partial charge in [0.1, 0.15) is 5.82 Å². The number of aromatic nitrogens is 4. The topological polar surface area (TPSA) is 63.6 Å². The van der Waals surface area contributed by atoms with E-state index in [4.69, 9.17) is 0 Å². The largest absolute Gasteiger partial charge is 0.309 e. The van der Waals surface area contributed by atoms with Crippen LogP contribution in [0.25, 0.3) is 11.3 Å². The number of anilines is 2. The maximum atomic E-state index is 4.46. The molecule has 0 fully saturated rings. The molecule has 3 rings (SSSR count).